The summed E-state index contributed by atoms with van der Waals surface area (Å²) in [5, 5.41) is 2.83. The van der Waals surface area contributed by atoms with E-state index in [0.29, 0.717) is 38.4 Å². The number of nitrogens with one attached hydrogen (secondary N) is 1. The minimum Gasteiger partial charge on any atom is -0.463 e. The molecule has 6 nitrogen and oxygen atoms in total. The second-order valence-electron chi connectivity index (χ2n) is 7.92. The van der Waals surface area contributed by atoms with Gasteiger partial charge in [-0.1, -0.05) is 17.7 Å². The first-order chi connectivity index (χ1) is 16.8. The molecule has 4 rings (SSSR count). The summed E-state index contributed by atoms with van der Waals surface area (Å²) in [5.74, 6) is -5.03. The van der Waals surface area contributed by atoms with Crippen molar-refractivity contribution in [2.45, 2.75) is 13.0 Å². The number of halogens is 5. The summed E-state index contributed by atoms with van der Waals surface area (Å²) in [4.78, 5) is 19.5. The van der Waals surface area contributed by atoms with Crippen molar-refractivity contribution in [2.75, 3.05) is 39.5 Å². The minimum atomic E-state index is -1.18. The van der Waals surface area contributed by atoms with Gasteiger partial charge in [-0.15, -0.1) is 0 Å². The van der Waals surface area contributed by atoms with Crippen molar-refractivity contribution in [3.8, 4) is 0 Å². The molecule has 0 spiro atoms. The van der Waals surface area contributed by atoms with Crippen molar-refractivity contribution >= 4 is 23.4 Å². The first-order valence-electron chi connectivity index (χ1n) is 10.9. The maximum atomic E-state index is 14.7. The largest absolute Gasteiger partial charge is 0.463 e. The summed E-state index contributed by atoms with van der Waals surface area (Å²) in [7, 11) is 0. The second kappa shape index (κ2) is 10.8. The predicted octanol–water partition coefficient (Wildman–Crippen LogP) is 4.14. The van der Waals surface area contributed by atoms with E-state index in [4.69, 9.17) is 21.1 Å². The van der Waals surface area contributed by atoms with Gasteiger partial charge >= 0.3 is 5.97 Å². The van der Waals surface area contributed by atoms with Crippen LogP contribution in [0.5, 0.6) is 0 Å². The van der Waals surface area contributed by atoms with Gasteiger partial charge in [0.05, 0.1) is 31.0 Å². The van der Waals surface area contributed by atoms with Gasteiger partial charge in [0, 0.05) is 48.1 Å². The number of nitrogens with zero attached hydrogens (tertiary/aromatic N) is 2. The number of carbonyl (C=O) groups excluding carboxylic acids is 1. The van der Waals surface area contributed by atoms with Crippen LogP contribution in [0.1, 0.15) is 24.1 Å². The summed E-state index contributed by atoms with van der Waals surface area (Å²) in [6.45, 7) is 3.91. The normalized spacial score (nSPS) is 18.8. The molecule has 1 unspecified atom stereocenters. The van der Waals surface area contributed by atoms with Crippen LogP contribution in [0.2, 0.25) is 5.02 Å². The van der Waals surface area contributed by atoms with Gasteiger partial charge in [-0.2, -0.15) is 0 Å². The van der Waals surface area contributed by atoms with Crippen LogP contribution < -0.4 is 5.32 Å². The molecule has 186 valence electrons. The van der Waals surface area contributed by atoms with Crippen molar-refractivity contribution in [1.29, 1.82) is 0 Å². The molecule has 0 bridgehead atoms. The molecule has 2 aliphatic heterocycles. The number of amidine groups is 1. The zero-order chi connectivity index (χ0) is 25.1. The average Bonchev–Trinajstić information content (AvgIpc) is 2.79. The van der Waals surface area contributed by atoms with Crippen LogP contribution in [-0.4, -0.2) is 56.2 Å². The lowest BCUT2D eigenvalue weighted by Crippen LogP contribution is -2.43. The molecule has 1 atom stereocenters. The number of ether oxygens (including phenoxy) is 2. The Morgan fingerprint density at radius 2 is 1.83 bits per heavy atom. The lowest BCUT2D eigenvalue weighted by molar-refractivity contribution is -0.139. The number of hydrogen-bond donors (Lipinski definition) is 1. The SMILES string of the molecule is CCOC(=O)C1=C(CN2CCOCC2)NC(c2c(F)cc(F)cc2F)=NC1c1ccc(F)cc1Cl. The third-order valence-corrected chi connectivity index (χ3v) is 5.93. The smallest absolute Gasteiger partial charge is 0.338 e. The van der Waals surface area contributed by atoms with E-state index in [9.17, 15) is 22.4 Å². The second-order valence-corrected chi connectivity index (χ2v) is 8.32. The lowest BCUT2D eigenvalue weighted by Gasteiger charge is -2.33. The van der Waals surface area contributed by atoms with Crippen LogP contribution in [0.25, 0.3) is 0 Å². The van der Waals surface area contributed by atoms with Crippen molar-refractivity contribution in [2.24, 2.45) is 4.99 Å². The molecule has 2 aromatic rings. The van der Waals surface area contributed by atoms with Crippen LogP contribution >= 0.6 is 11.6 Å². The van der Waals surface area contributed by atoms with Gasteiger partial charge in [-0.25, -0.2) is 22.4 Å². The molecule has 0 aromatic heterocycles. The van der Waals surface area contributed by atoms with Crippen molar-refractivity contribution in [3.05, 3.63) is 81.0 Å². The fraction of sp³-hybridized carbons (Fsp3) is 0.333. The third kappa shape index (κ3) is 5.50. The van der Waals surface area contributed by atoms with Crippen LogP contribution in [0.3, 0.4) is 0 Å². The first kappa shape index (κ1) is 25.2. The Morgan fingerprint density at radius 3 is 2.46 bits per heavy atom. The molecular formula is C24H22ClF4N3O3. The summed E-state index contributed by atoms with van der Waals surface area (Å²) in [6.07, 6.45) is 0. The summed E-state index contributed by atoms with van der Waals surface area (Å²) in [6, 6.07) is 3.44. The van der Waals surface area contributed by atoms with Gasteiger partial charge in [0.1, 0.15) is 35.1 Å². The van der Waals surface area contributed by atoms with E-state index < -0.39 is 40.8 Å². The molecule has 2 aliphatic rings. The Balaban J connectivity index is 1.89. The van der Waals surface area contributed by atoms with Gasteiger partial charge in [0.25, 0.3) is 0 Å². The highest BCUT2D eigenvalue weighted by Gasteiger charge is 2.35. The standard InChI is InChI=1S/C24H22ClF4N3O3/c1-2-35-24(33)21-19(12-32-5-7-34-8-6-32)30-23(20-17(28)10-14(27)11-18(20)29)31-22(21)15-4-3-13(26)9-16(15)25/h3-4,9-11,22H,2,5-8,12H2,1H3,(H,30,31). The Morgan fingerprint density at radius 1 is 1.14 bits per heavy atom. The molecule has 0 radical (unpaired) electrons. The number of morpholine rings is 1. The van der Waals surface area contributed by atoms with Gasteiger partial charge in [-0.05, 0) is 19.1 Å². The topological polar surface area (TPSA) is 63.2 Å². The van der Waals surface area contributed by atoms with E-state index in [2.05, 4.69) is 10.3 Å². The number of hydrogen-bond acceptors (Lipinski definition) is 6. The first-order valence-corrected chi connectivity index (χ1v) is 11.3. The van der Waals surface area contributed by atoms with Crippen molar-refractivity contribution in [3.63, 3.8) is 0 Å². The Kier molecular flexibility index (Phi) is 7.73. The number of aliphatic imine (C=N–C) groups is 1. The molecule has 11 heteroatoms. The number of rotatable bonds is 6. The van der Waals surface area contributed by atoms with E-state index in [0.717, 1.165) is 12.1 Å². The van der Waals surface area contributed by atoms with Gasteiger partial charge in [-0.3, -0.25) is 9.89 Å². The quantitative estimate of drug-likeness (QED) is 0.467. The molecular weight excluding hydrogens is 490 g/mol. The molecule has 0 aliphatic carbocycles. The molecule has 0 amide bonds. The molecule has 1 N–H and O–H groups in total. The van der Waals surface area contributed by atoms with Crippen LogP contribution in [0, 0.1) is 23.3 Å². The number of carbonyl (C=O) groups is 1. The lowest BCUT2D eigenvalue weighted by atomic mass is 9.94. The molecule has 1 fully saturated rings. The molecule has 2 heterocycles. The average molecular weight is 512 g/mol. The van der Waals surface area contributed by atoms with Crippen molar-refractivity contribution < 1.29 is 31.8 Å². The summed E-state index contributed by atoms with van der Waals surface area (Å²) < 4.78 is 67.4. The zero-order valence-electron chi connectivity index (χ0n) is 18.7. The highest BCUT2D eigenvalue weighted by Crippen LogP contribution is 2.37. The van der Waals surface area contributed by atoms with E-state index in [1.807, 2.05) is 4.90 Å². The fourth-order valence-electron chi connectivity index (χ4n) is 4.00. The molecule has 0 saturated carbocycles. The van der Waals surface area contributed by atoms with Gasteiger partial charge < -0.3 is 14.8 Å². The van der Waals surface area contributed by atoms with E-state index >= 15 is 0 Å². The van der Waals surface area contributed by atoms with E-state index in [1.165, 1.54) is 6.07 Å². The third-order valence-electron chi connectivity index (χ3n) is 5.61. The minimum absolute atomic E-state index is 0.0347. The molecule has 1 saturated heterocycles. The Hall–Kier alpha value is -2.95. The maximum absolute atomic E-state index is 14.7. The molecule has 2 aromatic carbocycles. The van der Waals surface area contributed by atoms with E-state index in [-0.39, 0.29) is 40.8 Å². The monoisotopic (exact) mass is 511 g/mol. The van der Waals surface area contributed by atoms with Crippen molar-refractivity contribution in [1.82, 2.24) is 10.2 Å². The van der Waals surface area contributed by atoms with Crippen LogP contribution in [-0.2, 0) is 14.3 Å². The predicted molar refractivity (Wildman–Crippen MR) is 121 cm³/mol. The maximum Gasteiger partial charge on any atom is 0.338 e. The van der Waals surface area contributed by atoms with Gasteiger partial charge in [0.15, 0.2) is 0 Å². The van der Waals surface area contributed by atoms with Gasteiger partial charge in [0.2, 0.25) is 0 Å². The number of benzene rings is 2. The summed E-state index contributed by atoms with van der Waals surface area (Å²) >= 11 is 6.30. The highest BCUT2D eigenvalue weighted by atomic mass is 35.5. The molecule has 35 heavy (non-hydrogen) atoms. The Labute approximate surface area is 204 Å². The summed E-state index contributed by atoms with van der Waals surface area (Å²) in [5.41, 5.74) is -0.0167. The zero-order valence-corrected chi connectivity index (χ0v) is 19.5. The van der Waals surface area contributed by atoms with Crippen LogP contribution in [0.4, 0.5) is 17.6 Å². The number of esters is 1. The fourth-order valence-corrected chi connectivity index (χ4v) is 4.27. The highest BCUT2D eigenvalue weighted by molar-refractivity contribution is 6.31. The Bertz CT molecular complexity index is 1180. The van der Waals surface area contributed by atoms with E-state index in [1.54, 1.807) is 6.92 Å². The van der Waals surface area contributed by atoms with Crippen LogP contribution in [0.15, 0.2) is 46.6 Å².